The summed E-state index contributed by atoms with van der Waals surface area (Å²) in [5.41, 5.74) is -2.78. The summed E-state index contributed by atoms with van der Waals surface area (Å²) in [6.07, 6.45) is -3.59. The first-order valence-corrected chi connectivity index (χ1v) is 33.5. The van der Waals surface area contributed by atoms with Gasteiger partial charge in [0.25, 0.3) is 35.4 Å². The Bertz CT molecular complexity index is 3970. The predicted octanol–water partition coefficient (Wildman–Crippen LogP) is -1.79. The molecular weight excluding hydrogens is 1380 g/mol. The minimum absolute atomic E-state index is 0.190. The highest BCUT2D eigenvalue weighted by Crippen LogP contribution is 2.36. The Kier molecular flexibility index (Phi) is 27.4. The molecule has 0 unspecified atom stereocenters. The highest BCUT2D eigenvalue weighted by molar-refractivity contribution is 6.11. The first-order valence-electron chi connectivity index (χ1n) is 33.5. The van der Waals surface area contributed by atoms with Gasteiger partial charge in [-0.05, 0) is 102 Å². The summed E-state index contributed by atoms with van der Waals surface area (Å²) in [7, 11) is 0. The monoisotopic (exact) mass is 1450 g/mol. The van der Waals surface area contributed by atoms with Crippen LogP contribution in [0, 0.1) is 0 Å². The fourth-order valence-electron chi connectivity index (χ4n) is 12.1. The first kappa shape index (κ1) is 78.3. The van der Waals surface area contributed by atoms with Crippen molar-refractivity contribution in [1.29, 1.82) is 0 Å². The first-order chi connectivity index (χ1) is 50.9. The number of amides is 6. The zero-order valence-electron chi connectivity index (χ0n) is 57.1. The van der Waals surface area contributed by atoms with Gasteiger partial charge in [0.05, 0.1) is 79.3 Å². The van der Waals surface area contributed by atoms with Crippen LogP contribution in [0.1, 0.15) is 123 Å². The molecule has 8 aromatic carbocycles. The highest BCUT2D eigenvalue weighted by atomic mass is 16.5. The Balaban J connectivity index is 1.15. The Hall–Kier alpha value is -11.8. The number of ether oxygens (including phenoxy) is 6. The lowest BCUT2D eigenvalue weighted by atomic mass is 9.91. The second-order valence-corrected chi connectivity index (χ2v) is 24.9. The summed E-state index contributed by atoms with van der Waals surface area (Å²) < 4.78 is 34.0. The number of fused-ring (bicyclic) bond motifs is 10. The number of rotatable bonds is 34. The average molecular weight is 1450 g/mol. The van der Waals surface area contributed by atoms with Gasteiger partial charge in [-0.15, -0.1) is 0 Å². The van der Waals surface area contributed by atoms with Gasteiger partial charge in [0, 0.05) is 134 Å². The molecule has 30 heteroatoms. The van der Waals surface area contributed by atoms with E-state index >= 15 is 0 Å². The predicted molar refractivity (Wildman–Crippen MR) is 364 cm³/mol. The summed E-state index contributed by atoms with van der Waals surface area (Å²) in [6.45, 7) is -6.93. The van der Waals surface area contributed by atoms with E-state index < -0.39 is 200 Å². The molecule has 1 aliphatic heterocycles. The number of carboxylic acids is 6. The third kappa shape index (κ3) is 21.2. The van der Waals surface area contributed by atoms with Crippen LogP contribution in [-0.4, -0.2) is 162 Å². The lowest BCUT2D eigenvalue weighted by Gasteiger charge is -2.34. The van der Waals surface area contributed by atoms with E-state index in [-0.39, 0.29) is 59.6 Å². The van der Waals surface area contributed by atoms with Gasteiger partial charge in [-0.25, -0.2) is 0 Å². The molecule has 556 valence electrons. The van der Waals surface area contributed by atoms with E-state index in [4.69, 9.17) is 28.4 Å². The smallest absolute Gasteiger partial charge is 0.251 e. The molecular formula is C76H72N6O24-6. The molecule has 1 heterocycles. The van der Waals surface area contributed by atoms with E-state index in [9.17, 15) is 88.2 Å². The molecule has 8 bridgehead atoms. The zero-order chi connectivity index (χ0) is 75.9. The van der Waals surface area contributed by atoms with Crippen molar-refractivity contribution in [2.45, 2.75) is 75.8 Å². The normalized spacial score (nSPS) is 13.1. The summed E-state index contributed by atoms with van der Waals surface area (Å²) >= 11 is 0. The van der Waals surface area contributed by atoms with Gasteiger partial charge in [-0.1, -0.05) is 97.1 Å². The van der Waals surface area contributed by atoms with Crippen molar-refractivity contribution in [2.24, 2.45) is 0 Å². The maximum Gasteiger partial charge on any atom is 0.251 e. The van der Waals surface area contributed by atoms with Crippen LogP contribution in [0.2, 0.25) is 0 Å². The van der Waals surface area contributed by atoms with Crippen LogP contribution >= 0.6 is 0 Å². The van der Waals surface area contributed by atoms with Gasteiger partial charge >= 0.3 is 0 Å². The van der Waals surface area contributed by atoms with Gasteiger partial charge in [0.1, 0.15) is 11.1 Å². The lowest BCUT2D eigenvalue weighted by molar-refractivity contribution is -0.308. The molecule has 0 fully saturated rings. The van der Waals surface area contributed by atoms with Crippen molar-refractivity contribution in [3.8, 4) is 0 Å². The number of hydrogen-bond donors (Lipinski definition) is 6. The molecule has 0 aromatic heterocycles. The molecule has 6 amide bonds. The van der Waals surface area contributed by atoms with Gasteiger partial charge in [-0.2, -0.15) is 0 Å². The van der Waals surface area contributed by atoms with Crippen LogP contribution in [0.3, 0.4) is 0 Å². The van der Waals surface area contributed by atoms with Crippen molar-refractivity contribution in [1.82, 2.24) is 31.9 Å². The zero-order valence-corrected chi connectivity index (χ0v) is 57.1. The van der Waals surface area contributed by atoms with E-state index in [2.05, 4.69) is 31.9 Å². The van der Waals surface area contributed by atoms with Crippen LogP contribution in [0.25, 0.3) is 43.1 Å². The largest absolute Gasteiger partial charge is 0.550 e. The molecule has 0 radical (unpaired) electrons. The Labute approximate surface area is 604 Å². The number of carboxylic acid groups (broad SMARTS) is 6. The second-order valence-electron chi connectivity index (χ2n) is 24.9. The Morgan fingerprint density at radius 2 is 0.481 bits per heavy atom. The summed E-state index contributed by atoms with van der Waals surface area (Å²) in [6, 6.07) is 35.7. The molecule has 106 heavy (non-hydrogen) atoms. The maximum atomic E-state index is 15.0. The highest BCUT2D eigenvalue weighted by Gasteiger charge is 2.37. The average Bonchev–Trinajstić information content (AvgIpc) is 0.762. The van der Waals surface area contributed by atoms with Crippen molar-refractivity contribution >= 4 is 114 Å². The standard InChI is InChI=1S/C76H78N6O24/c83-63(84)17-23-101-39-75(40-102-24-18-64(85)86,41-103-25-19-65(87)88)81-73(99)49-31-45-29-47(33-49)71(97)79-37-61-55-13-5-7-15-57(55)62(58-16-8-6-14-56(58)61)38-80-72(98)48-30-46(70(96)78-36-60-52-10-2-1-9-51(52)59(35-77-69(45)95)53-11-3-4-12-54(53)60)32-50(34-48)74(100)82-76(42-104-26-20-66(89)90,43-105-27-21-67(91)92)44-106-28-22-68(93)94/h1-16,29-34H,17-28,35-44H2,(H,77,95)(H,78,96)(H,79,97)(H,80,98)(H,81,99)(H,82,100)(H,83,84)(H,85,86)(H,87,88)(H,89,90)(H,91,92)(H,93,94)/p-6. The van der Waals surface area contributed by atoms with Crippen LogP contribution < -0.4 is 62.5 Å². The van der Waals surface area contributed by atoms with Gasteiger partial charge in [0.15, 0.2) is 0 Å². The number of hydrogen-bond acceptors (Lipinski definition) is 24. The van der Waals surface area contributed by atoms with Crippen LogP contribution in [0.5, 0.6) is 0 Å². The third-order valence-corrected chi connectivity index (χ3v) is 17.2. The molecule has 0 saturated carbocycles. The lowest BCUT2D eigenvalue weighted by Crippen LogP contribution is -2.59. The minimum atomic E-state index is -1.84. The summed E-state index contributed by atoms with van der Waals surface area (Å²) in [4.78, 5) is 158. The molecule has 0 saturated heterocycles. The van der Waals surface area contributed by atoms with Crippen LogP contribution in [-0.2, 0) is 83.4 Å². The molecule has 9 rings (SSSR count). The molecule has 0 spiro atoms. The van der Waals surface area contributed by atoms with Crippen molar-refractivity contribution in [3.05, 3.63) is 189 Å². The molecule has 6 N–H and O–H groups in total. The van der Waals surface area contributed by atoms with Crippen molar-refractivity contribution < 1.29 is 117 Å². The molecule has 1 aliphatic rings. The van der Waals surface area contributed by atoms with Crippen molar-refractivity contribution in [2.75, 3.05) is 79.3 Å². The molecule has 0 aliphatic carbocycles. The minimum Gasteiger partial charge on any atom is -0.550 e. The topological polar surface area (TPSA) is 471 Å². The summed E-state index contributed by atoms with van der Waals surface area (Å²) in [5.74, 6) is -14.0. The number of nitrogens with one attached hydrogen (secondary N) is 6. The quantitative estimate of drug-likeness (QED) is 0.0192. The van der Waals surface area contributed by atoms with Crippen molar-refractivity contribution in [3.63, 3.8) is 0 Å². The fourth-order valence-corrected chi connectivity index (χ4v) is 12.1. The van der Waals surface area contributed by atoms with E-state index in [1.54, 1.807) is 97.1 Å². The van der Waals surface area contributed by atoms with E-state index in [1.165, 1.54) is 36.4 Å². The third-order valence-electron chi connectivity index (χ3n) is 17.2. The van der Waals surface area contributed by atoms with Gasteiger partial charge in [0.2, 0.25) is 0 Å². The van der Waals surface area contributed by atoms with E-state index in [0.717, 1.165) is 0 Å². The van der Waals surface area contributed by atoms with Gasteiger partial charge in [-0.3, -0.25) is 28.8 Å². The second kappa shape index (κ2) is 37.1. The Morgan fingerprint density at radius 1 is 0.302 bits per heavy atom. The maximum absolute atomic E-state index is 15.0. The van der Waals surface area contributed by atoms with E-state index in [1.807, 2.05) is 0 Å². The van der Waals surface area contributed by atoms with Gasteiger partial charge < -0.3 is 120 Å². The Morgan fingerprint density at radius 3 is 0.651 bits per heavy atom. The number of carbonyl (C=O) groups is 12. The molecule has 30 nitrogen and oxygen atoms in total. The fraction of sp³-hybridized carbons (Fsp3) is 0.316. The number of aliphatic carboxylic acids is 6. The SMILES string of the molecule is O=C([O-])CCOCC(COCCC(=O)[O-])(COCCC(=O)[O-])NC(=O)c1cc2cc(c1)C(=O)NCc1c3ccccc3c(c3ccccc13)CNC(=O)c1cc(cc(C(=O)NC(COCCC(=O)[O-])(COCCC(=O)[O-])COCCC(=O)[O-])c1)C(=O)NCc1c3ccccc3c(c3ccccc13)CNC2=O. The summed E-state index contributed by atoms with van der Waals surface area (Å²) in [5, 5.41) is 90.7. The number of benzene rings is 8. The van der Waals surface area contributed by atoms with Crippen LogP contribution in [0.4, 0.5) is 0 Å². The molecule has 8 aromatic rings. The number of carbonyl (C=O) groups excluding carboxylic acids is 12. The van der Waals surface area contributed by atoms with E-state index in [0.29, 0.717) is 65.3 Å². The van der Waals surface area contributed by atoms with Crippen LogP contribution in [0.15, 0.2) is 133 Å². The molecule has 0 atom stereocenters.